The van der Waals surface area contributed by atoms with E-state index in [0.29, 0.717) is 19.6 Å². The number of benzene rings is 1. The molecule has 2 aromatic rings. The van der Waals surface area contributed by atoms with Crippen LogP contribution in [0.1, 0.15) is 36.9 Å². The van der Waals surface area contributed by atoms with Crippen LogP contribution < -0.4 is 9.47 Å². The molecule has 3 rings (SSSR count). The minimum Gasteiger partial charge on any atom is -0.486 e. The maximum absolute atomic E-state index is 12.4. The molecule has 6 heteroatoms. The fourth-order valence-electron chi connectivity index (χ4n) is 2.79. The minimum absolute atomic E-state index is 0.0118. The quantitative estimate of drug-likeness (QED) is 0.885. The number of aromatic amines is 1. The summed E-state index contributed by atoms with van der Waals surface area (Å²) in [6, 6.07) is 5.86. The molecule has 1 N–H and O–H groups in total. The number of amides is 1. The van der Waals surface area contributed by atoms with E-state index in [0.717, 1.165) is 35.5 Å². The molecule has 0 aliphatic carbocycles. The van der Waals surface area contributed by atoms with Crippen LogP contribution in [0.15, 0.2) is 30.6 Å². The number of ether oxygens (including phenoxy) is 2. The summed E-state index contributed by atoms with van der Waals surface area (Å²) in [5.41, 5.74) is 2.18. The number of hydrogen-bond acceptors (Lipinski definition) is 4. The van der Waals surface area contributed by atoms with E-state index in [1.807, 2.05) is 38.4 Å². The summed E-state index contributed by atoms with van der Waals surface area (Å²) in [7, 11) is 1.85. The summed E-state index contributed by atoms with van der Waals surface area (Å²) in [4.78, 5) is 14.2. The van der Waals surface area contributed by atoms with Gasteiger partial charge in [0, 0.05) is 19.7 Å². The highest BCUT2D eigenvalue weighted by molar-refractivity contribution is 5.76. The number of H-pyrrole nitrogens is 1. The van der Waals surface area contributed by atoms with E-state index in [1.54, 1.807) is 11.1 Å². The Hall–Kier alpha value is -2.50. The lowest BCUT2D eigenvalue weighted by molar-refractivity contribution is -0.131. The van der Waals surface area contributed by atoms with Gasteiger partial charge in [0.25, 0.3) is 0 Å². The van der Waals surface area contributed by atoms with Crippen molar-refractivity contribution in [3.05, 3.63) is 41.7 Å². The van der Waals surface area contributed by atoms with Crippen LogP contribution in [0.2, 0.25) is 0 Å². The van der Waals surface area contributed by atoms with Crippen LogP contribution in [0, 0.1) is 0 Å². The molecular weight excluding hydrogens is 306 g/mol. The Labute approximate surface area is 141 Å². The third-order valence-corrected chi connectivity index (χ3v) is 4.43. The van der Waals surface area contributed by atoms with E-state index >= 15 is 0 Å². The van der Waals surface area contributed by atoms with Crippen molar-refractivity contribution < 1.29 is 14.3 Å². The standard InChI is InChI=1S/C18H23N3O3/c1-13(15-6-7-16-17(10-15)24-9-8-23-16)21(2)18(22)5-3-4-14-11-19-20-12-14/h6-7,10-13H,3-5,8-9H2,1-2H3,(H,19,20). The first-order valence-electron chi connectivity index (χ1n) is 8.28. The summed E-state index contributed by atoms with van der Waals surface area (Å²) in [6.07, 6.45) is 5.86. The Morgan fingerprint density at radius 3 is 2.88 bits per heavy atom. The summed E-state index contributed by atoms with van der Waals surface area (Å²) < 4.78 is 11.2. The van der Waals surface area contributed by atoms with Gasteiger partial charge in [-0.3, -0.25) is 9.89 Å². The van der Waals surface area contributed by atoms with E-state index in [2.05, 4.69) is 10.2 Å². The smallest absolute Gasteiger partial charge is 0.222 e. The highest BCUT2D eigenvalue weighted by atomic mass is 16.6. The van der Waals surface area contributed by atoms with Crippen molar-refractivity contribution in [1.82, 2.24) is 15.1 Å². The molecule has 1 aromatic heterocycles. The van der Waals surface area contributed by atoms with Gasteiger partial charge in [-0.25, -0.2) is 0 Å². The Bertz CT molecular complexity index is 685. The van der Waals surface area contributed by atoms with Crippen LogP contribution in [-0.4, -0.2) is 41.3 Å². The van der Waals surface area contributed by atoms with E-state index in [9.17, 15) is 4.79 Å². The van der Waals surface area contributed by atoms with Crippen molar-refractivity contribution in [2.45, 2.75) is 32.2 Å². The normalized spacial score (nSPS) is 14.2. The number of aromatic nitrogens is 2. The summed E-state index contributed by atoms with van der Waals surface area (Å²) in [5, 5.41) is 6.70. The highest BCUT2D eigenvalue weighted by Gasteiger charge is 2.20. The first kappa shape index (κ1) is 16.4. The second-order valence-corrected chi connectivity index (χ2v) is 6.04. The number of carbonyl (C=O) groups is 1. The van der Waals surface area contributed by atoms with Crippen LogP contribution in [0.5, 0.6) is 11.5 Å². The van der Waals surface area contributed by atoms with Crippen molar-refractivity contribution in [3.63, 3.8) is 0 Å². The average molecular weight is 329 g/mol. The number of rotatable bonds is 6. The van der Waals surface area contributed by atoms with Gasteiger partial charge in [0.05, 0.1) is 12.2 Å². The number of carbonyl (C=O) groups excluding carboxylic acids is 1. The van der Waals surface area contributed by atoms with Crippen LogP contribution in [0.25, 0.3) is 0 Å². The van der Waals surface area contributed by atoms with Crippen LogP contribution in [0.3, 0.4) is 0 Å². The lowest BCUT2D eigenvalue weighted by Gasteiger charge is -2.27. The summed E-state index contributed by atoms with van der Waals surface area (Å²) >= 11 is 0. The maximum Gasteiger partial charge on any atom is 0.222 e. The van der Waals surface area contributed by atoms with E-state index in [1.165, 1.54) is 0 Å². The average Bonchev–Trinajstić information content (AvgIpc) is 3.13. The highest BCUT2D eigenvalue weighted by Crippen LogP contribution is 2.33. The third kappa shape index (κ3) is 3.69. The predicted molar refractivity (Wildman–Crippen MR) is 90.1 cm³/mol. The Morgan fingerprint density at radius 1 is 1.33 bits per heavy atom. The van der Waals surface area contributed by atoms with Gasteiger partial charge in [0.1, 0.15) is 13.2 Å². The van der Waals surface area contributed by atoms with Gasteiger partial charge >= 0.3 is 0 Å². The fraction of sp³-hybridized carbons (Fsp3) is 0.444. The molecule has 0 radical (unpaired) electrons. The lowest BCUT2D eigenvalue weighted by Crippen LogP contribution is -2.29. The van der Waals surface area contributed by atoms with Crippen molar-refractivity contribution in [2.75, 3.05) is 20.3 Å². The molecule has 0 bridgehead atoms. The van der Waals surface area contributed by atoms with Crippen LogP contribution in [-0.2, 0) is 11.2 Å². The molecule has 128 valence electrons. The molecule has 1 unspecified atom stereocenters. The topological polar surface area (TPSA) is 67.5 Å². The Morgan fingerprint density at radius 2 is 2.12 bits per heavy atom. The zero-order valence-corrected chi connectivity index (χ0v) is 14.1. The summed E-state index contributed by atoms with van der Waals surface area (Å²) in [6.45, 7) is 3.17. The molecule has 0 spiro atoms. The number of fused-ring (bicyclic) bond motifs is 1. The first-order valence-corrected chi connectivity index (χ1v) is 8.28. The monoisotopic (exact) mass is 329 g/mol. The van der Waals surface area contributed by atoms with Crippen LogP contribution >= 0.6 is 0 Å². The number of hydrogen-bond donors (Lipinski definition) is 1. The molecule has 24 heavy (non-hydrogen) atoms. The predicted octanol–water partition coefficient (Wildman–Crippen LogP) is 2.72. The van der Waals surface area contributed by atoms with Gasteiger partial charge in [0.15, 0.2) is 11.5 Å². The number of nitrogens with zero attached hydrogens (tertiary/aromatic N) is 2. The van der Waals surface area contributed by atoms with Crippen molar-refractivity contribution in [3.8, 4) is 11.5 Å². The fourth-order valence-corrected chi connectivity index (χ4v) is 2.79. The van der Waals surface area contributed by atoms with E-state index < -0.39 is 0 Å². The van der Waals surface area contributed by atoms with Gasteiger partial charge < -0.3 is 14.4 Å². The molecule has 1 amide bonds. The number of aryl methyl sites for hydroxylation is 1. The third-order valence-electron chi connectivity index (χ3n) is 4.43. The SMILES string of the molecule is CC(c1ccc2c(c1)OCCO2)N(C)C(=O)CCCc1cn[nH]c1. The van der Waals surface area contributed by atoms with Crippen molar-refractivity contribution in [1.29, 1.82) is 0 Å². The van der Waals surface area contributed by atoms with Gasteiger partial charge in [-0.15, -0.1) is 0 Å². The minimum atomic E-state index is -0.0118. The first-order chi connectivity index (χ1) is 11.6. The lowest BCUT2D eigenvalue weighted by atomic mass is 10.1. The van der Waals surface area contributed by atoms with Crippen LogP contribution in [0.4, 0.5) is 0 Å². The molecular formula is C18H23N3O3. The second kappa shape index (κ2) is 7.38. The number of nitrogens with one attached hydrogen (secondary N) is 1. The van der Waals surface area contributed by atoms with E-state index in [-0.39, 0.29) is 11.9 Å². The Kier molecular flexibility index (Phi) is 5.03. The molecule has 1 aromatic carbocycles. The largest absolute Gasteiger partial charge is 0.486 e. The van der Waals surface area contributed by atoms with Gasteiger partial charge in [-0.2, -0.15) is 5.10 Å². The molecule has 2 heterocycles. The zero-order valence-electron chi connectivity index (χ0n) is 14.1. The van der Waals surface area contributed by atoms with Crippen molar-refractivity contribution in [2.24, 2.45) is 0 Å². The molecule has 1 atom stereocenters. The van der Waals surface area contributed by atoms with Crippen molar-refractivity contribution >= 4 is 5.91 Å². The molecule has 0 saturated heterocycles. The summed E-state index contributed by atoms with van der Waals surface area (Å²) in [5.74, 6) is 1.67. The molecule has 0 saturated carbocycles. The van der Waals surface area contributed by atoms with E-state index in [4.69, 9.17) is 9.47 Å². The van der Waals surface area contributed by atoms with Gasteiger partial charge in [-0.05, 0) is 43.0 Å². The molecule has 1 aliphatic rings. The second-order valence-electron chi connectivity index (χ2n) is 6.04. The van der Waals surface area contributed by atoms with Gasteiger partial charge in [-0.1, -0.05) is 6.07 Å². The maximum atomic E-state index is 12.4. The zero-order chi connectivity index (χ0) is 16.9. The molecule has 0 fully saturated rings. The molecule has 1 aliphatic heterocycles. The molecule has 6 nitrogen and oxygen atoms in total. The van der Waals surface area contributed by atoms with Gasteiger partial charge in [0.2, 0.25) is 5.91 Å². The Balaban J connectivity index is 1.57.